The maximum atomic E-state index is 13.1. The number of ether oxygens (including phenoxy) is 1. The number of methoxy groups -OCH3 is 1. The molecule has 0 atom stereocenters. The quantitative estimate of drug-likeness (QED) is 0.262. The van der Waals surface area contributed by atoms with Crippen molar-refractivity contribution < 1.29 is 51.7 Å². The zero-order valence-corrected chi connectivity index (χ0v) is 21.3. The lowest BCUT2D eigenvalue weighted by Crippen LogP contribution is -2.50. The third kappa shape index (κ3) is 10.1. The standard InChI is InChI=1S/C23H27FN4O5.C2HF3O2/c1-33-13-8-25-21(29)15-27-9-11-28(12-10-27)20-7-6-18(14-19(20)23(31)32)26-22(30)16-2-4-17(24)5-3-16;3-2(4,5)1(6)7/h2-7,14H,8-13,15H2,1H3,(H,25,29)(H,26,30)(H,31,32);(H,6,7). The number of nitrogens with one attached hydrogen (secondary N) is 2. The molecule has 4 N–H and O–H groups in total. The summed E-state index contributed by atoms with van der Waals surface area (Å²) in [5, 5.41) is 22.3. The van der Waals surface area contributed by atoms with Gasteiger partial charge in [-0.1, -0.05) is 0 Å². The smallest absolute Gasteiger partial charge is 0.478 e. The van der Waals surface area contributed by atoms with Crippen molar-refractivity contribution in [3.8, 4) is 0 Å². The molecule has 1 fully saturated rings. The summed E-state index contributed by atoms with van der Waals surface area (Å²) in [6.45, 7) is 3.54. The highest BCUT2D eigenvalue weighted by Crippen LogP contribution is 2.26. The minimum absolute atomic E-state index is 0.0673. The van der Waals surface area contributed by atoms with Crippen LogP contribution >= 0.6 is 0 Å². The van der Waals surface area contributed by atoms with Gasteiger partial charge in [0.1, 0.15) is 5.82 Å². The number of rotatable bonds is 9. The largest absolute Gasteiger partial charge is 0.490 e. The monoisotopic (exact) mass is 572 g/mol. The minimum atomic E-state index is -5.08. The first-order valence-electron chi connectivity index (χ1n) is 11.8. The molecule has 0 aromatic heterocycles. The van der Waals surface area contributed by atoms with Crippen LogP contribution in [0, 0.1) is 5.82 Å². The molecule has 1 aliphatic rings. The molecule has 2 amide bonds. The Balaban J connectivity index is 0.000000708. The van der Waals surface area contributed by atoms with Gasteiger partial charge in [-0.15, -0.1) is 0 Å². The molecule has 2 aromatic carbocycles. The zero-order chi connectivity index (χ0) is 29.9. The second-order valence-corrected chi connectivity index (χ2v) is 8.41. The molecular weight excluding hydrogens is 544 g/mol. The molecule has 0 spiro atoms. The summed E-state index contributed by atoms with van der Waals surface area (Å²) < 4.78 is 49.7. The fraction of sp³-hybridized carbons (Fsp3) is 0.360. The molecule has 0 bridgehead atoms. The van der Waals surface area contributed by atoms with Gasteiger partial charge in [0.15, 0.2) is 0 Å². The second-order valence-electron chi connectivity index (χ2n) is 8.41. The van der Waals surface area contributed by atoms with Crippen LogP contribution in [0.15, 0.2) is 42.5 Å². The summed E-state index contributed by atoms with van der Waals surface area (Å²) in [6, 6.07) is 9.79. The van der Waals surface area contributed by atoms with Gasteiger partial charge in [-0.05, 0) is 42.5 Å². The molecular formula is C25H28F4N4O7. The lowest BCUT2D eigenvalue weighted by molar-refractivity contribution is -0.192. The maximum Gasteiger partial charge on any atom is 0.490 e. The van der Waals surface area contributed by atoms with E-state index in [1.165, 1.54) is 30.3 Å². The van der Waals surface area contributed by atoms with Crippen molar-refractivity contribution >= 4 is 35.1 Å². The van der Waals surface area contributed by atoms with Crippen LogP contribution in [0.3, 0.4) is 0 Å². The maximum absolute atomic E-state index is 13.1. The Bertz CT molecular complexity index is 1180. The molecule has 3 rings (SSSR count). The van der Waals surface area contributed by atoms with E-state index in [1.807, 2.05) is 9.80 Å². The number of aromatic carboxylic acids is 1. The average Bonchev–Trinajstić information content (AvgIpc) is 2.89. The molecule has 15 heteroatoms. The lowest BCUT2D eigenvalue weighted by Gasteiger charge is -2.36. The fourth-order valence-electron chi connectivity index (χ4n) is 3.56. The van der Waals surface area contributed by atoms with E-state index >= 15 is 0 Å². The third-order valence-electron chi connectivity index (χ3n) is 5.54. The van der Waals surface area contributed by atoms with E-state index in [9.17, 15) is 37.1 Å². The molecule has 2 aromatic rings. The van der Waals surface area contributed by atoms with Crippen LogP contribution in [0.4, 0.5) is 28.9 Å². The Hall–Kier alpha value is -4.24. The van der Waals surface area contributed by atoms with Crippen LogP contribution in [0.1, 0.15) is 20.7 Å². The number of carbonyl (C=O) groups is 4. The van der Waals surface area contributed by atoms with Gasteiger partial charge in [0.2, 0.25) is 5.91 Å². The van der Waals surface area contributed by atoms with Crippen LogP contribution in [0.25, 0.3) is 0 Å². The fourth-order valence-corrected chi connectivity index (χ4v) is 3.56. The Morgan fingerprint density at radius 1 is 0.975 bits per heavy atom. The zero-order valence-electron chi connectivity index (χ0n) is 21.3. The number of nitrogens with zero attached hydrogens (tertiary/aromatic N) is 2. The summed E-state index contributed by atoms with van der Waals surface area (Å²) in [4.78, 5) is 49.1. The van der Waals surface area contributed by atoms with E-state index < -0.39 is 29.8 Å². The number of carbonyl (C=O) groups excluding carboxylic acids is 2. The predicted octanol–water partition coefficient (Wildman–Crippen LogP) is 2.29. The van der Waals surface area contributed by atoms with E-state index in [2.05, 4.69) is 10.6 Å². The van der Waals surface area contributed by atoms with Gasteiger partial charge in [-0.25, -0.2) is 14.0 Å². The Kier molecular flexibility index (Phi) is 11.8. The Morgan fingerprint density at radius 2 is 1.57 bits per heavy atom. The van der Waals surface area contributed by atoms with Gasteiger partial charge in [0.05, 0.1) is 24.4 Å². The summed E-state index contributed by atoms with van der Waals surface area (Å²) in [5.74, 6) is -4.85. The van der Waals surface area contributed by atoms with E-state index in [0.29, 0.717) is 50.7 Å². The van der Waals surface area contributed by atoms with Crippen molar-refractivity contribution in [3.63, 3.8) is 0 Å². The first-order chi connectivity index (χ1) is 18.8. The van der Waals surface area contributed by atoms with Crippen LogP contribution in [-0.4, -0.2) is 98.0 Å². The topological polar surface area (TPSA) is 149 Å². The number of anilines is 2. The van der Waals surface area contributed by atoms with Crippen LogP contribution < -0.4 is 15.5 Å². The van der Waals surface area contributed by atoms with Gasteiger partial charge in [-0.3, -0.25) is 14.5 Å². The molecule has 11 nitrogen and oxygen atoms in total. The number of hydrogen-bond acceptors (Lipinski definition) is 7. The highest BCUT2D eigenvalue weighted by molar-refractivity contribution is 6.05. The van der Waals surface area contributed by atoms with Gasteiger partial charge in [0, 0.05) is 51.1 Å². The SMILES string of the molecule is COCCNC(=O)CN1CCN(c2ccc(NC(=O)c3ccc(F)cc3)cc2C(=O)O)CC1.O=C(O)C(F)(F)F. The first kappa shape index (κ1) is 32.0. The normalized spacial score (nSPS) is 13.6. The van der Waals surface area contributed by atoms with E-state index in [1.54, 1.807) is 19.2 Å². The number of halogens is 4. The number of hydrogen-bond donors (Lipinski definition) is 4. The van der Waals surface area contributed by atoms with Gasteiger partial charge >= 0.3 is 18.1 Å². The van der Waals surface area contributed by atoms with Crippen molar-refractivity contribution in [2.75, 3.05) is 63.2 Å². The molecule has 0 unspecified atom stereocenters. The third-order valence-corrected chi connectivity index (χ3v) is 5.54. The molecule has 0 aliphatic carbocycles. The van der Waals surface area contributed by atoms with Crippen LogP contribution in [0.2, 0.25) is 0 Å². The van der Waals surface area contributed by atoms with Gasteiger partial charge < -0.3 is 30.5 Å². The molecule has 1 aliphatic heterocycles. The summed E-state index contributed by atoms with van der Waals surface area (Å²) in [5.41, 5.74) is 1.21. The van der Waals surface area contributed by atoms with Crippen molar-refractivity contribution in [1.29, 1.82) is 0 Å². The lowest BCUT2D eigenvalue weighted by atomic mass is 10.1. The van der Waals surface area contributed by atoms with Crippen molar-refractivity contribution in [1.82, 2.24) is 10.2 Å². The number of aliphatic carboxylic acids is 1. The highest BCUT2D eigenvalue weighted by Gasteiger charge is 2.38. The van der Waals surface area contributed by atoms with Crippen LogP contribution in [-0.2, 0) is 14.3 Å². The summed E-state index contributed by atoms with van der Waals surface area (Å²) in [6.07, 6.45) is -5.08. The average molecular weight is 573 g/mol. The van der Waals surface area contributed by atoms with Crippen molar-refractivity contribution in [2.45, 2.75) is 6.18 Å². The Labute approximate surface area is 226 Å². The van der Waals surface area contributed by atoms with Gasteiger partial charge in [-0.2, -0.15) is 13.2 Å². The van der Waals surface area contributed by atoms with Crippen molar-refractivity contribution in [2.24, 2.45) is 0 Å². The number of benzene rings is 2. The molecule has 40 heavy (non-hydrogen) atoms. The number of piperazine rings is 1. The highest BCUT2D eigenvalue weighted by atomic mass is 19.4. The summed E-state index contributed by atoms with van der Waals surface area (Å²) >= 11 is 0. The number of amides is 2. The number of alkyl halides is 3. The minimum Gasteiger partial charge on any atom is -0.478 e. The van der Waals surface area contributed by atoms with E-state index in [-0.39, 0.29) is 23.6 Å². The van der Waals surface area contributed by atoms with Gasteiger partial charge in [0.25, 0.3) is 5.91 Å². The molecule has 1 heterocycles. The number of carboxylic acids is 2. The van der Waals surface area contributed by atoms with Crippen molar-refractivity contribution in [3.05, 3.63) is 59.4 Å². The molecule has 0 radical (unpaired) electrons. The molecule has 218 valence electrons. The summed E-state index contributed by atoms with van der Waals surface area (Å²) in [7, 11) is 1.57. The molecule has 1 saturated heterocycles. The Morgan fingerprint density at radius 3 is 2.10 bits per heavy atom. The van der Waals surface area contributed by atoms with Crippen LogP contribution in [0.5, 0.6) is 0 Å². The number of carboxylic acid groups (broad SMARTS) is 2. The van der Waals surface area contributed by atoms with E-state index in [0.717, 1.165) is 0 Å². The first-order valence-corrected chi connectivity index (χ1v) is 11.8. The predicted molar refractivity (Wildman–Crippen MR) is 135 cm³/mol. The van der Waals surface area contributed by atoms with E-state index in [4.69, 9.17) is 14.6 Å². The second kappa shape index (κ2) is 14.8. The molecule has 0 saturated carbocycles.